The fraction of sp³-hybridized carbons (Fsp3) is 0.188. The Hall–Kier alpha value is -1.80. The minimum Gasteiger partial charge on any atom is -0.355 e. The largest absolute Gasteiger partial charge is 0.355 e. The van der Waals surface area contributed by atoms with Gasteiger partial charge in [-0.15, -0.1) is 11.6 Å². The highest BCUT2D eigenvalue weighted by Crippen LogP contribution is 2.19. The summed E-state index contributed by atoms with van der Waals surface area (Å²) in [6.45, 7) is 0.516. The maximum Gasteiger partial charge on any atom is 0.224 e. The standard InChI is InChI=1S/C16H16ClNO/c17-10-11-18-16(19)12-13-6-8-15(9-7-13)14-4-2-1-3-5-14/h1-9H,10-12H2,(H,18,19). The molecule has 2 rings (SSSR count). The molecule has 0 aromatic heterocycles. The first-order valence-corrected chi connectivity index (χ1v) is 6.80. The molecule has 1 amide bonds. The Bertz CT molecular complexity index is 522. The van der Waals surface area contributed by atoms with Crippen molar-refractivity contribution in [3.8, 4) is 11.1 Å². The van der Waals surface area contributed by atoms with Crippen molar-refractivity contribution in [1.29, 1.82) is 0 Å². The molecule has 0 aliphatic carbocycles. The summed E-state index contributed by atoms with van der Waals surface area (Å²) < 4.78 is 0. The molecule has 2 nitrogen and oxygen atoms in total. The molecule has 1 N–H and O–H groups in total. The summed E-state index contributed by atoms with van der Waals surface area (Å²) in [6, 6.07) is 18.2. The molecule has 0 aliphatic rings. The van der Waals surface area contributed by atoms with Crippen molar-refractivity contribution in [1.82, 2.24) is 5.32 Å². The van der Waals surface area contributed by atoms with E-state index in [2.05, 4.69) is 17.4 Å². The zero-order valence-electron chi connectivity index (χ0n) is 10.6. The molecule has 0 saturated carbocycles. The van der Waals surface area contributed by atoms with Crippen LogP contribution < -0.4 is 5.32 Å². The minimum atomic E-state index is 0.00751. The monoisotopic (exact) mass is 273 g/mol. The van der Waals surface area contributed by atoms with E-state index >= 15 is 0 Å². The molecule has 0 unspecified atom stereocenters. The third-order valence-electron chi connectivity index (χ3n) is 2.84. The van der Waals surface area contributed by atoms with Gasteiger partial charge >= 0.3 is 0 Å². The highest BCUT2D eigenvalue weighted by molar-refractivity contribution is 6.18. The van der Waals surface area contributed by atoms with E-state index in [0.717, 1.165) is 11.1 Å². The van der Waals surface area contributed by atoms with Crippen molar-refractivity contribution in [3.63, 3.8) is 0 Å². The third-order valence-corrected chi connectivity index (χ3v) is 3.03. The molecule has 2 aromatic carbocycles. The first-order chi connectivity index (χ1) is 9.29. The molecule has 0 saturated heterocycles. The molecule has 0 atom stereocenters. The average molecular weight is 274 g/mol. The number of carbonyl (C=O) groups is 1. The first kappa shape index (κ1) is 13.6. The molecule has 0 fully saturated rings. The molecule has 0 spiro atoms. The molecule has 0 bridgehead atoms. The zero-order valence-corrected chi connectivity index (χ0v) is 11.4. The lowest BCUT2D eigenvalue weighted by Gasteiger charge is -2.05. The van der Waals surface area contributed by atoms with Crippen LogP contribution in [0.4, 0.5) is 0 Å². The Morgan fingerprint density at radius 3 is 2.21 bits per heavy atom. The summed E-state index contributed by atoms with van der Waals surface area (Å²) in [7, 11) is 0. The van der Waals surface area contributed by atoms with Crippen molar-refractivity contribution in [2.45, 2.75) is 6.42 Å². The summed E-state index contributed by atoms with van der Waals surface area (Å²) in [5.74, 6) is 0.451. The number of carbonyl (C=O) groups excluding carboxylic acids is 1. The number of alkyl halides is 1. The van der Waals surface area contributed by atoms with Gasteiger partial charge in [-0.05, 0) is 16.7 Å². The highest BCUT2D eigenvalue weighted by atomic mass is 35.5. The number of benzene rings is 2. The van der Waals surface area contributed by atoms with Gasteiger partial charge < -0.3 is 5.32 Å². The second-order valence-corrected chi connectivity index (χ2v) is 4.66. The number of hydrogen-bond donors (Lipinski definition) is 1. The van der Waals surface area contributed by atoms with Gasteiger partial charge in [-0.1, -0.05) is 54.6 Å². The Morgan fingerprint density at radius 1 is 0.947 bits per heavy atom. The van der Waals surface area contributed by atoms with Gasteiger partial charge in [0.25, 0.3) is 0 Å². The molecular weight excluding hydrogens is 258 g/mol. The quantitative estimate of drug-likeness (QED) is 0.833. The van der Waals surface area contributed by atoms with E-state index in [1.54, 1.807) is 0 Å². The van der Waals surface area contributed by atoms with Gasteiger partial charge in [-0.2, -0.15) is 0 Å². The molecule has 3 heteroatoms. The van der Waals surface area contributed by atoms with Crippen LogP contribution in [0.3, 0.4) is 0 Å². The van der Waals surface area contributed by atoms with Crippen LogP contribution in [0.5, 0.6) is 0 Å². The summed E-state index contributed by atoms with van der Waals surface area (Å²) in [6.07, 6.45) is 0.395. The van der Waals surface area contributed by atoms with Gasteiger partial charge in [0.2, 0.25) is 5.91 Å². The summed E-state index contributed by atoms with van der Waals surface area (Å²) >= 11 is 5.52. The molecule has 19 heavy (non-hydrogen) atoms. The number of amides is 1. The van der Waals surface area contributed by atoms with Crippen LogP contribution in [0.1, 0.15) is 5.56 Å². The fourth-order valence-electron chi connectivity index (χ4n) is 1.88. The van der Waals surface area contributed by atoms with Crippen LogP contribution >= 0.6 is 11.6 Å². The Balaban J connectivity index is 2.01. The van der Waals surface area contributed by atoms with Gasteiger partial charge in [0.1, 0.15) is 0 Å². The normalized spacial score (nSPS) is 10.2. The molecule has 0 aliphatic heterocycles. The lowest BCUT2D eigenvalue weighted by atomic mass is 10.0. The van der Waals surface area contributed by atoms with Gasteiger partial charge in [-0.3, -0.25) is 4.79 Å². The van der Waals surface area contributed by atoms with Gasteiger partial charge in [-0.25, -0.2) is 0 Å². The van der Waals surface area contributed by atoms with Crippen LogP contribution in [-0.4, -0.2) is 18.3 Å². The Morgan fingerprint density at radius 2 is 1.58 bits per heavy atom. The lowest BCUT2D eigenvalue weighted by Crippen LogP contribution is -2.26. The first-order valence-electron chi connectivity index (χ1n) is 6.26. The average Bonchev–Trinajstić information content (AvgIpc) is 2.47. The van der Waals surface area contributed by atoms with E-state index in [1.807, 2.05) is 42.5 Å². The van der Waals surface area contributed by atoms with Crippen LogP contribution in [-0.2, 0) is 11.2 Å². The van der Waals surface area contributed by atoms with Crippen LogP contribution in [0.2, 0.25) is 0 Å². The Kier molecular flexibility index (Phi) is 4.99. The number of nitrogens with one attached hydrogen (secondary N) is 1. The minimum absolute atomic E-state index is 0.00751. The summed E-state index contributed by atoms with van der Waals surface area (Å²) in [5, 5.41) is 2.76. The lowest BCUT2D eigenvalue weighted by molar-refractivity contribution is -0.120. The number of rotatable bonds is 5. The van der Waals surface area contributed by atoms with E-state index in [0.29, 0.717) is 18.8 Å². The maximum atomic E-state index is 11.6. The predicted molar refractivity (Wildman–Crippen MR) is 79.3 cm³/mol. The maximum absolute atomic E-state index is 11.6. The smallest absolute Gasteiger partial charge is 0.224 e. The van der Waals surface area contributed by atoms with Crippen LogP contribution in [0.15, 0.2) is 54.6 Å². The van der Waals surface area contributed by atoms with Gasteiger partial charge in [0.05, 0.1) is 6.42 Å². The van der Waals surface area contributed by atoms with Gasteiger partial charge in [0.15, 0.2) is 0 Å². The van der Waals surface area contributed by atoms with Crippen LogP contribution in [0.25, 0.3) is 11.1 Å². The van der Waals surface area contributed by atoms with Crippen molar-refractivity contribution >= 4 is 17.5 Å². The van der Waals surface area contributed by atoms with Crippen molar-refractivity contribution in [2.75, 3.05) is 12.4 Å². The summed E-state index contributed by atoms with van der Waals surface area (Å²) in [5.41, 5.74) is 3.35. The van der Waals surface area contributed by atoms with Crippen LogP contribution in [0, 0.1) is 0 Å². The van der Waals surface area contributed by atoms with E-state index < -0.39 is 0 Å². The molecule has 0 heterocycles. The molecular formula is C16H16ClNO. The second-order valence-electron chi connectivity index (χ2n) is 4.28. The van der Waals surface area contributed by atoms with E-state index in [4.69, 9.17) is 11.6 Å². The number of halogens is 1. The molecule has 2 aromatic rings. The summed E-state index contributed by atoms with van der Waals surface area (Å²) in [4.78, 5) is 11.6. The molecule has 98 valence electrons. The topological polar surface area (TPSA) is 29.1 Å². The van der Waals surface area contributed by atoms with Crippen molar-refractivity contribution < 1.29 is 4.79 Å². The SMILES string of the molecule is O=C(Cc1ccc(-c2ccccc2)cc1)NCCCl. The third kappa shape index (κ3) is 4.11. The Labute approximate surface area is 118 Å². The highest BCUT2D eigenvalue weighted by Gasteiger charge is 2.03. The fourth-order valence-corrected chi connectivity index (χ4v) is 1.97. The second kappa shape index (κ2) is 6.95. The van der Waals surface area contributed by atoms with Gasteiger partial charge in [0, 0.05) is 12.4 Å². The zero-order chi connectivity index (χ0) is 13.5. The predicted octanol–water partition coefficient (Wildman–Crippen LogP) is 3.25. The van der Waals surface area contributed by atoms with Crippen molar-refractivity contribution in [3.05, 3.63) is 60.2 Å². The van der Waals surface area contributed by atoms with E-state index in [-0.39, 0.29) is 5.91 Å². The molecule has 0 radical (unpaired) electrons. The van der Waals surface area contributed by atoms with E-state index in [1.165, 1.54) is 5.56 Å². The number of hydrogen-bond acceptors (Lipinski definition) is 1. The van der Waals surface area contributed by atoms with E-state index in [9.17, 15) is 4.79 Å². The van der Waals surface area contributed by atoms with Crippen molar-refractivity contribution in [2.24, 2.45) is 0 Å².